The van der Waals surface area contributed by atoms with Crippen LogP contribution in [-0.4, -0.2) is 44.1 Å². The number of hydrogen-bond donors (Lipinski definition) is 1. The van der Waals surface area contributed by atoms with Gasteiger partial charge in [0.15, 0.2) is 5.78 Å². The highest BCUT2D eigenvalue weighted by Crippen LogP contribution is 2.24. The lowest BCUT2D eigenvalue weighted by Crippen LogP contribution is -2.48. The van der Waals surface area contributed by atoms with Crippen molar-refractivity contribution in [1.29, 1.82) is 0 Å². The van der Waals surface area contributed by atoms with E-state index in [1.807, 2.05) is 0 Å². The molecule has 1 amide bonds. The first-order valence-corrected chi connectivity index (χ1v) is 6.80. The Hall–Kier alpha value is -2.29. The van der Waals surface area contributed by atoms with E-state index in [0.717, 1.165) is 7.11 Å². The van der Waals surface area contributed by atoms with Crippen molar-refractivity contribution >= 4 is 29.3 Å². The van der Waals surface area contributed by atoms with Crippen LogP contribution in [0.15, 0.2) is 18.2 Å². The standard InChI is InChI=1S/C14H13ClF3NO5/c1-23-11-4-3-7(15)5-8(11)10(20)6-9(12(21)24-2)19-13(22)14(16,17)18/h3-5,9H,6H2,1-2H3,(H,19,22)/t9-/m1/s1. The van der Waals surface area contributed by atoms with Crippen molar-refractivity contribution in [2.24, 2.45) is 0 Å². The predicted molar refractivity (Wildman–Crippen MR) is 77.0 cm³/mol. The molecule has 10 heteroatoms. The lowest BCUT2D eigenvalue weighted by molar-refractivity contribution is -0.175. The fourth-order valence-electron chi connectivity index (χ4n) is 1.77. The molecule has 0 aromatic heterocycles. The summed E-state index contributed by atoms with van der Waals surface area (Å²) in [5.74, 6) is -4.19. The molecule has 1 aromatic carbocycles. The zero-order valence-electron chi connectivity index (χ0n) is 12.6. The Morgan fingerprint density at radius 2 is 1.88 bits per heavy atom. The Balaban J connectivity index is 3.03. The third-order valence-electron chi connectivity index (χ3n) is 2.90. The third kappa shape index (κ3) is 5.12. The molecule has 0 saturated heterocycles. The highest BCUT2D eigenvalue weighted by atomic mass is 35.5. The van der Waals surface area contributed by atoms with Crippen LogP contribution in [0.5, 0.6) is 5.75 Å². The fraction of sp³-hybridized carbons (Fsp3) is 0.357. The molecule has 0 radical (unpaired) electrons. The highest BCUT2D eigenvalue weighted by Gasteiger charge is 2.41. The van der Waals surface area contributed by atoms with Gasteiger partial charge in [-0.05, 0) is 18.2 Å². The third-order valence-corrected chi connectivity index (χ3v) is 3.14. The van der Waals surface area contributed by atoms with Gasteiger partial charge >= 0.3 is 18.1 Å². The number of halogens is 4. The molecule has 24 heavy (non-hydrogen) atoms. The molecule has 0 unspecified atom stereocenters. The minimum absolute atomic E-state index is 0.0415. The highest BCUT2D eigenvalue weighted by molar-refractivity contribution is 6.31. The van der Waals surface area contributed by atoms with Crippen molar-refractivity contribution in [1.82, 2.24) is 5.32 Å². The number of carbonyl (C=O) groups is 3. The Morgan fingerprint density at radius 3 is 2.38 bits per heavy atom. The van der Waals surface area contributed by atoms with Crippen LogP contribution in [0.25, 0.3) is 0 Å². The molecule has 0 aliphatic heterocycles. The van der Waals surface area contributed by atoms with E-state index >= 15 is 0 Å². The smallest absolute Gasteiger partial charge is 0.471 e. The van der Waals surface area contributed by atoms with Crippen LogP contribution in [0, 0.1) is 0 Å². The zero-order valence-corrected chi connectivity index (χ0v) is 13.3. The van der Waals surface area contributed by atoms with Crippen LogP contribution < -0.4 is 10.1 Å². The molecule has 0 saturated carbocycles. The van der Waals surface area contributed by atoms with Crippen molar-refractivity contribution in [2.45, 2.75) is 18.6 Å². The SMILES string of the molecule is COC(=O)[C@@H](CC(=O)c1cc(Cl)ccc1OC)NC(=O)C(F)(F)F. The molecule has 0 heterocycles. The lowest BCUT2D eigenvalue weighted by Gasteiger charge is -2.17. The lowest BCUT2D eigenvalue weighted by atomic mass is 10.0. The summed E-state index contributed by atoms with van der Waals surface area (Å²) in [6.07, 6.45) is -5.96. The van der Waals surface area contributed by atoms with Crippen LogP contribution in [-0.2, 0) is 14.3 Å². The zero-order chi connectivity index (χ0) is 18.5. The first-order valence-electron chi connectivity index (χ1n) is 6.42. The largest absolute Gasteiger partial charge is 0.496 e. The van der Waals surface area contributed by atoms with Crippen LogP contribution in [0.1, 0.15) is 16.8 Å². The first-order chi connectivity index (χ1) is 11.1. The summed E-state index contributed by atoms with van der Waals surface area (Å²) < 4.78 is 46.2. The maximum atomic E-state index is 12.3. The van der Waals surface area contributed by atoms with Gasteiger partial charge < -0.3 is 14.8 Å². The Morgan fingerprint density at radius 1 is 1.25 bits per heavy atom. The van der Waals surface area contributed by atoms with E-state index in [4.69, 9.17) is 16.3 Å². The molecule has 0 aliphatic rings. The molecule has 0 bridgehead atoms. The number of esters is 1. The number of methoxy groups -OCH3 is 2. The van der Waals surface area contributed by atoms with E-state index in [1.54, 1.807) is 0 Å². The summed E-state index contributed by atoms with van der Waals surface area (Å²) in [7, 11) is 2.20. The van der Waals surface area contributed by atoms with Crippen molar-refractivity contribution in [2.75, 3.05) is 14.2 Å². The Bertz CT molecular complexity index is 648. The van der Waals surface area contributed by atoms with E-state index in [-0.39, 0.29) is 16.3 Å². The number of alkyl halides is 3. The van der Waals surface area contributed by atoms with E-state index in [2.05, 4.69) is 4.74 Å². The second-order valence-electron chi connectivity index (χ2n) is 4.52. The van der Waals surface area contributed by atoms with E-state index in [0.29, 0.717) is 0 Å². The van der Waals surface area contributed by atoms with Crippen LogP contribution in [0.4, 0.5) is 13.2 Å². The van der Waals surface area contributed by atoms with E-state index in [9.17, 15) is 27.6 Å². The van der Waals surface area contributed by atoms with Crippen molar-refractivity contribution in [3.8, 4) is 5.75 Å². The number of Topliss-reactive ketones (excluding diaryl/α,β-unsaturated/α-hetero) is 1. The average molecular weight is 368 g/mol. The van der Waals surface area contributed by atoms with Gasteiger partial charge in [-0.1, -0.05) is 11.6 Å². The number of nitrogens with one attached hydrogen (secondary N) is 1. The van der Waals surface area contributed by atoms with Gasteiger partial charge in [0.1, 0.15) is 11.8 Å². The number of benzene rings is 1. The minimum Gasteiger partial charge on any atom is -0.496 e. The summed E-state index contributed by atoms with van der Waals surface area (Å²) in [6, 6.07) is 2.26. The monoisotopic (exact) mass is 367 g/mol. The molecule has 1 N–H and O–H groups in total. The number of rotatable bonds is 6. The van der Waals surface area contributed by atoms with Gasteiger partial charge in [-0.3, -0.25) is 9.59 Å². The molecule has 0 fully saturated rings. The number of ether oxygens (including phenoxy) is 2. The van der Waals surface area contributed by atoms with Crippen molar-refractivity contribution < 1.29 is 37.0 Å². The van der Waals surface area contributed by atoms with E-state index < -0.39 is 36.3 Å². The topological polar surface area (TPSA) is 81.7 Å². The van der Waals surface area contributed by atoms with Gasteiger partial charge in [0.2, 0.25) is 0 Å². The Labute approximate surface area is 139 Å². The summed E-state index contributed by atoms with van der Waals surface area (Å²) in [5.41, 5.74) is -0.0415. The van der Waals surface area contributed by atoms with Crippen LogP contribution in [0.2, 0.25) is 5.02 Å². The molecule has 1 atom stereocenters. The molecule has 0 spiro atoms. The number of carbonyl (C=O) groups excluding carboxylic acids is 3. The number of amides is 1. The van der Waals surface area contributed by atoms with Gasteiger partial charge in [0.05, 0.1) is 19.8 Å². The molecule has 1 rings (SSSR count). The maximum Gasteiger partial charge on any atom is 0.471 e. The summed E-state index contributed by atoms with van der Waals surface area (Å²) in [4.78, 5) is 34.8. The van der Waals surface area contributed by atoms with Crippen molar-refractivity contribution in [3.63, 3.8) is 0 Å². The molecule has 6 nitrogen and oxygen atoms in total. The number of hydrogen-bond acceptors (Lipinski definition) is 5. The summed E-state index contributed by atoms with van der Waals surface area (Å²) >= 11 is 5.77. The second-order valence-corrected chi connectivity index (χ2v) is 4.96. The molecular weight excluding hydrogens is 355 g/mol. The maximum absolute atomic E-state index is 12.3. The molecule has 1 aromatic rings. The van der Waals surface area contributed by atoms with Gasteiger partial charge in [-0.15, -0.1) is 0 Å². The predicted octanol–water partition coefficient (Wildman–Crippen LogP) is 2.14. The quantitative estimate of drug-likeness (QED) is 0.615. The second kappa shape index (κ2) is 8.00. The number of ketones is 1. The first kappa shape index (κ1) is 19.8. The summed E-state index contributed by atoms with van der Waals surface area (Å²) in [6.45, 7) is 0. The normalized spacial score (nSPS) is 12.2. The van der Waals surface area contributed by atoms with Crippen LogP contribution >= 0.6 is 11.6 Å². The van der Waals surface area contributed by atoms with Crippen LogP contribution in [0.3, 0.4) is 0 Å². The van der Waals surface area contributed by atoms with Gasteiger partial charge in [0.25, 0.3) is 0 Å². The van der Waals surface area contributed by atoms with Gasteiger partial charge in [-0.25, -0.2) is 4.79 Å². The van der Waals surface area contributed by atoms with E-state index in [1.165, 1.54) is 30.6 Å². The van der Waals surface area contributed by atoms with Gasteiger partial charge in [0, 0.05) is 11.4 Å². The molecule has 0 aliphatic carbocycles. The summed E-state index contributed by atoms with van der Waals surface area (Å²) in [5, 5.41) is 1.62. The molecular formula is C14H13ClF3NO5. The fourth-order valence-corrected chi connectivity index (χ4v) is 1.94. The average Bonchev–Trinajstić information content (AvgIpc) is 2.52. The Kier molecular flexibility index (Phi) is 6.59. The van der Waals surface area contributed by atoms with Crippen molar-refractivity contribution in [3.05, 3.63) is 28.8 Å². The molecule has 132 valence electrons. The minimum atomic E-state index is -5.21. The van der Waals surface area contributed by atoms with Gasteiger partial charge in [-0.2, -0.15) is 13.2 Å².